The van der Waals surface area contributed by atoms with Gasteiger partial charge in [0.2, 0.25) is 0 Å². The monoisotopic (exact) mass is 370 g/mol. The van der Waals surface area contributed by atoms with Crippen LogP contribution in [-0.2, 0) is 12.8 Å². The maximum absolute atomic E-state index is 5.88. The third kappa shape index (κ3) is 5.86. The molecule has 0 unspecified atom stereocenters. The number of rotatable bonds is 9. The number of hydrogen-bond donors (Lipinski definition) is 2. The Labute approximate surface area is 158 Å². The third-order valence-electron chi connectivity index (χ3n) is 3.98. The normalized spacial score (nSPS) is 10.8. The van der Waals surface area contributed by atoms with Crippen molar-refractivity contribution in [2.75, 3.05) is 25.0 Å². The molecule has 0 fully saturated rings. The Kier molecular flexibility index (Phi) is 6.63. The predicted molar refractivity (Wildman–Crippen MR) is 105 cm³/mol. The summed E-state index contributed by atoms with van der Waals surface area (Å²) in [4.78, 5) is 8.68. The van der Waals surface area contributed by atoms with Crippen molar-refractivity contribution in [2.45, 2.75) is 19.8 Å². The van der Waals surface area contributed by atoms with E-state index in [1.54, 1.807) is 6.26 Å². The first-order valence-electron chi connectivity index (χ1n) is 8.74. The summed E-state index contributed by atoms with van der Waals surface area (Å²) in [5.41, 5.74) is 4.38. The molecule has 2 aromatic heterocycles. The van der Waals surface area contributed by atoms with E-state index >= 15 is 0 Å². The van der Waals surface area contributed by atoms with Gasteiger partial charge in [-0.2, -0.15) is 4.98 Å². The molecule has 0 radical (unpaired) electrons. The van der Waals surface area contributed by atoms with Crippen molar-refractivity contribution in [1.29, 1.82) is 0 Å². The van der Waals surface area contributed by atoms with Crippen molar-refractivity contribution >= 4 is 17.6 Å². The van der Waals surface area contributed by atoms with Crippen molar-refractivity contribution in [1.82, 2.24) is 15.3 Å². The van der Waals surface area contributed by atoms with Crippen molar-refractivity contribution in [3.05, 3.63) is 76.4 Å². The largest absolute Gasteiger partial charge is 0.432 e. The lowest BCUT2D eigenvalue weighted by atomic mass is 10.1. The van der Waals surface area contributed by atoms with E-state index in [0.717, 1.165) is 48.9 Å². The van der Waals surface area contributed by atoms with Crippen LogP contribution in [0.1, 0.15) is 22.5 Å². The van der Waals surface area contributed by atoms with Gasteiger partial charge in [-0.3, -0.25) is 4.98 Å². The number of benzene rings is 1. The van der Waals surface area contributed by atoms with Crippen LogP contribution in [0.3, 0.4) is 0 Å². The van der Waals surface area contributed by atoms with Gasteiger partial charge < -0.3 is 15.1 Å². The molecule has 136 valence electrons. The number of aryl methyl sites for hydroxylation is 1. The third-order valence-corrected chi connectivity index (χ3v) is 4.23. The Morgan fingerprint density at radius 3 is 2.69 bits per heavy atom. The van der Waals surface area contributed by atoms with Gasteiger partial charge in [0.05, 0.1) is 5.69 Å². The van der Waals surface area contributed by atoms with Crippen LogP contribution in [0.5, 0.6) is 0 Å². The summed E-state index contributed by atoms with van der Waals surface area (Å²) in [5.74, 6) is 0. The first-order chi connectivity index (χ1) is 12.7. The van der Waals surface area contributed by atoms with E-state index in [-0.39, 0.29) is 0 Å². The molecule has 1 aromatic carbocycles. The van der Waals surface area contributed by atoms with Gasteiger partial charge in [-0.25, -0.2) is 0 Å². The lowest BCUT2D eigenvalue weighted by Gasteiger charge is -2.05. The molecule has 0 amide bonds. The van der Waals surface area contributed by atoms with Crippen molar-refractivity contribution in [3.63, 3.8) is 0 Å². The molecule has 26 heavy (non-hydrogen) atoms. The summed E-state index contributed by atoms with van der Waals surface area (Å²) >= 11 is 5.88. The Bertz CT molecular complexity index is 817. The van der Waals surface area contributed by atoms with Crippen LogP contribution >= 0.6 is 11.6 Å². The van der Waals surface area contributed by atoms with Crippen LogP contribution in [0.2, 0.25) is 5.02 Å². The Balaban J connectivity index is 1.34. The average molecular weight is 371 g/mol. The summed E-state index contributed by atoms with van der Waals surface area (Å²) in [5, 5.41) is 7.37. The molecule has 2 heterocycles. The van der Waals surface area contributed by atoms with Crippen LogP contribution in [0.15, 0.2) is 53.3 Å². The van der Waals surface area contributed by atoms with Gasteiger partial charge >= 0.3 is 0 Å². The Morgan fingerprint density at radius 2 is 1.88 bits per heavy atom. The van der Waals surface area contributed by atoms with E-state index in [4.69, 9.17) is 16.0 Å². The summed E-state index contributed by atoms with van der Waals surface area (Å²) < 4.78 is 5.48. The van der Waals surface area contributed by atoms with E-state index in [9.17, 15) is 0 Å². The number of hydrogen-bond acceptors (Lipinski definition) is 5. The van der Waals surface area contributed by atoms with Crippen LogP contribution in [0, 0.1) is 6.92 Å². The summed E-state index contributed by atoms with van der Waals surface area (Å²) in [6.07, 6.45) is 5.24. The van der Waals surface area contributed by atoms with E-state index in [2.05, 4.69) is 38.8 Å². The Hall–Kier alpha value is -2.37. The number of pyridine rings is 1. The second kappa shape index (κ2) is 9.36. The molecule has 0 aliphatic carbocycles. The minimum absolute atomic E-state index is 0.560. The van der Waals surface area contributed by atoms with E-state index < -0.39 is 0 Å². The minimum atomic E-state index is 0.560. The zero-order valence-corrected chi connectivity index (χ0v) is 15.6. The standard InChI is InChI=1S/C20H23ClN4O/c1-15-12-17(7-9-23-15)13-19-14-26-20(25-19)24-11-10-22-8-6-16-2-4-18(21)5-3-16/h2-5,7,9,12,14,22H,6,8,10-11,13H2,1H3,(H,24,25). The molecule has 0 atom stereocenters. The zero-order valence-electron chi connectivity index (χ0n) is 14.8. The van der Waals surface area contributed by atoms with Gasteiger partial charge in [0, 0.05) is 36.4 Å². The highest BCUT2D eigenvalue weighted by molar-refractivity contribution is 6.30. The highest BCUT2D eigenvalue weighted by atomic mass is 35.5. The predicted octanol–water partition coefficient (Wildman–Crippen LogP) is 3.87. The number of nitrogens with one attached hydrogen (secondary N) is 2. The molecule has 0 spiro atoms. The molecule has 0 saturated carbocycles. The smallest absolute Gasteiger partial charge is 0.294 e. The number of nitrogens with zero attached hydrogens (tertiary/aromatic N) is 2. The van der Waals surface area contributed by atoms with Gasteiger partial charge in [0.15, 0.2) is 0 Å². The molecule has 5 nitrogen and oxygen atoms in total. The van der Waals surface area contributed by atoms with E-state index in [1.165, 1.54) is 11.1 Å². The van der Waals surface area contributed by atoms with E-state index in [1.807, 2.05) is 31.3 Å². The quantitative estimate of drug-likeness (QED) is 0.560. The van der Waals surface area contributed by atoms with Crippen LogP contribution in [0.4, 0.5) is 6.01 Å². The van der Waals surface area contributed by atoms with Gasteiger partial charge in [-0.15, -0.1) is 0 Å². The van der Waals surface area contributed by atoms with Gasteiger partial charge in [-0.05, 0) is 55.3 Å². The fourth-order valence-corrected chi connectivity index (χ4v) is 2.79. The molecule has 0 saturated heterocycles. The fraction of sp³-hybridized carbons (Fsp3) is 0.300. The minimum Gasteiger partial charge on any atom is -0.432 e. The molecule has 6 heteroatoms. The van der Waals surface area contributed by atoms with Crippen LogP contribution in [-0.4, -0.2) is 29.6 Å². The second-order valence-electron chi connectivity index (χ2n) is 6.18. The lowest BCUT2D eigenvalue weighted by Crippen LogP contribution is -2.24. The molecule has 0 aliphatic heterocycles. The Morgan fingerprint density at radius 1 is 1.04 bits per heavy atom. The summed E-state index contributed by atoms with van der Waals surface area (Å²) in [7, 11) is 0. The fourth-order valence-electron chi connectivity index (χ4n) is 2.66. The summed E-state index contributed by atoms with van der Waals surface area (Å²) in [6.45, 7) is 4.50. The van der Waals surface area contributed by atoms with Crippen LogP contribution in [0.25, 0.3) is 0 Å². The highest BCUT2D eigenvalue weighted by Crippen LogP contribution is 2.12. The number of aromatic nitrogens is 2. The molecular formula is C20H23ClN4O. The molecule has 0 bridgehead atoms. The molecule has 3 aromatic rings. The molecular weight excluding hydrogens is 348 g/mol. The lowest BCUT2D eigenvalue weighted by molar-refractivity contribution is 0.567. The van der Waals surface area contributed by atoms with Crippen molar-refractivity contribution < 1.29 is 4.42 Å². The first kappa shape index (κ1) is 18.4. The first-order valence-corrected chi connectivity index (χ1v) is 9.12. The topological polar surface area (TPSA) is 63.0 Å². The average Bonchev–Trinajstić information content (AvgIpc) is 3.07. The maximum Gasteiger partial charge on any atom is 0.294 e. The number of halogens is 1. The molecule has 3 rings (SSSR count). The SMILES string of the molecule is Cc1cc(Cc2coc(NCCNCCc3ccc(Cl)cc3)n2)ccn1. The summed E-state index contributed by atoms with van der Waals surface area (Å²) in [6, 6.07) is 12.6. The second-order valence-corrected chi connectivity index (χ2v) is 6.62. The van der Waals surface area contributed by atoms with Gasteiger partial charge in [0.1, 0.15) is 6.26 Å². The zero-order chi connectivity index (χ0) is 18.2. The van der Waals surface area contributed by atoms with Crippen LogP contribution < -0.4 is 10.6 Å². The maximum atomic E-state index is 5.88. The number of oxazole rings is 1. The van der Waals surface area contributed by atoms with Gasteiger partial charge in [0.25, 0.3) is 6.01 Å². The highest BCUT2D eigenvalue weighted by Gasteiger charge is 2.05. The van der Waals surface area contributed by atoms with Crippen molar-refractivity contribution in [2.24, 2.45) is 0 Å². The van der Waals surface area contributed by atoms with Gasteiger partial charge in [-0.1, -0.05) is 23.7 Å². The van der Waals surface area contributed by atoms with Crippen molar-refractivity contribution in [3.8, 4) is 0 Å². The number of anilines is 1. The molecule has 2 N–H and O–H groups in total. The van der Waals surface area contributed by atoms with E-state index in [0.29, 0.717) is 6.01 Å². The molecule has 0 aliphatic rings.